The monoisotopic (exact) mass is 261 g/mol. The summed E-state index contributed by atoms with van der Waals surface area (Å²) in [4.78, 5) is 0. The van der Waals surface area contributed by atoms with E-state index in [9.17, 15) is 0 Å². The maximum atomic E-state index is 5.97. The van der Waals surface area contributed by atoms with Crippen LogP contribution in [0.25, 0.3) is 0 Å². The first-order chi connectivity index (χ1) is 9.06. The van der Waals surface area contributed by atoms with Crippen LogP contribution in [0.1, 0.15) is 42.5 Å². The zero-order valence-electron chi connectivity index (χ0n) is 12.1. The maximum Gasteiger partial charge on any atom is 0.127 e. The topological polar surface area (TPSA) is 44.5 Å². The summed E-state index contributed by atoms with van der Waals surface area (Å²) in [5.74, 6) is 2.24. The second kappa shape index (κ2) is 4.41. The molecule has 104 valence electrons. The van der Waals surface area contributed by atoms with E-state index in [1.54, 1.807) is 0 Å². The number of benzene rings is 1. The third-order valence-corrected chi connectivity index (χ3v) is 4.51. The Balaban J connectivity index is 2.24. The van der Waals surface area contributed by atoms with Gasteiger partial charge >= 0.3 is 0 Å². The summed E-state index contributed by atoms with van der Waals surface area (Å²) in [7, 11) is 0. The Labute approximate surface area is 115 Å². The Hall–Kier alpha value is -1.22. The largest absolute Gasteiger partial charge is 0.493 e. The van der Waals surface area contributed by atoms with Crippen molar-refractivity contribution < 1.29 is 9.47 Å². The van der Waals surface area contributed by atoms with E-state index < -0.39 is 0 Å². The standard InChI is InChI=1S/C16H23NO2/c1-10-11-4-8-19-15(11)13(16(2,3)6-7-17)12-5-9-18-14(10)12/h4-9,17H2,1-3H3. The molecule has 0 saturated carbocycles. The molecule has 1 aromatic rings. The molecule has 2 aliphatic heterocycles. The first-order valence-electron chi connectivity index (χ1n) is 7.20. The molecule has 2 aliphatic rings. The third kappa shape index (κ3) is 1.83. The SMILES string of the molecule is Cc1c2c(c(C(C)(C)CCN)c3c1OCC3)OCC2. The van der Waals surface area contributed by atoms with Gasteiger partial charge in [-0.2, -0.15) is 0 Å². The second-order valence-electron chi connectivity index (χ2n) is 6.23. The second-order valence-corrected chi connectivity index (χ2v) is 6.23. The molecule has 1 aromatic carbocycles. The Morgan fingerprint density at radius 3 is 2.37 bits per heavy atom. The fraction of sp³-hybridized carbons (Fsp3) is 0.625. The minimum Gasteiger partial charge on any atom is -0.493 e. The Kier molecular flexibility index (Phi) is 2.97. The summed E-state index contributed by atoms with van der Waals surface area (Å²) in [6.07, 6.45) is 2.97. The molecule has 19 heavy (non-hydrogen) atoms. The lowest BCUT2D eigenvalue weighted by atomic mass is 9.76. The lowest BCUT2D eigenvalue weighted by molar-refractivity contribution is 0.341. The van der Waals surface area contributed by atoms with Gasteiger partial charge in [-0.1, -0.05) is 13.8 Å². The summed E-state index contributed by atoms with van der Waals surface area (Å²) >= 11 is 0. The quantitative estimate of drug-likeness (QED) is 0.909. The van der Waals surface area contributed by atoms with Crippen LogP contribution in [0, 0.1) is 6.92 Å². The molecule has 0 fully saturated rings. The number of fused-ring (bicyclic) bond motifs is 2. The average Bonchev–Trinajstić information content (AvgIpc) is 2.96. The van der Waals surface area contributed by atoms with Crippen molar-refractivity contribution in [3.05, 3.63) is 22.3 Å². The zero-order valence-corrected chi connectivity index (χ0v) is 12.1. The normalized spacial score (nSPS) is 16.8. The van der Waals surface area contributed by atoms with Crippen LogP contribution in [0.2, 0.25) is 0 Å². The van der Waals surface area contributed by atoms with Crippen molar-refractivity contribution in [2.24, 2.45) is 5.73 Å². The van der Waals surface area contributed by atoms with Gasteiger partial charge in [0.25, 0.3) is 0 Å². The van der Waals surface area contributed by atoms with Gasteiger partial charge in [-0.15, -0.1) is 0 Å². The molecule has 0 saturated heterocycles. The van der Waals surface area contributed by atoms with Crippen LogP contribution in [-0.2, 0) is 18.3 Å². The van der Waals surface area contributed by atoms with Crippen LogP contribution in [-0.4, -0.2) is 19.8 Å². The molecule has 0 spiro atoms. The van der Waals surface area contributed by atoms with E-state index in [-0.39, 0.29) is 5.41 Å². The zero-order chi connectivity index (χ0) is 13.6. The van der Waals surface area contributed by atoms with Crippen molar-refractivity contribution in [2.45, 2.75) is 45.4 Å². The van der Waals surface area contributed by atoms with Crippen LogP contribution < -0.4 is 15.2 Å². The van der Waals surface area contributed by atoms with E-state index in [2.05, 4.69) is 20.8 Å². The Morgan fingerprint density at radius 2 is 1.68 bits per heavy atom. The molecular formula is C16H23NO2. The molecule has 2 N–H and O–H groups in total. The molecule has 0 bridgehead atoms. The highest BCUT2D eigenvalue weighted by atomic mass is 16.5. The highest BCUT2D eigenvalue weighted by Crippen LogP contribution is 2.49. The minimum absolute atomic E-state index is 0.0503. The third-order valence-electron chi connectivity index (χ3n) is 4.51. The van der Waals surface area contributed by atoms with E-state index in [0.717, 1.165) is 44.0 Å². The van der Waals surface area contributed by atoms with E-state index >= 15 is 0 Å². The van der Waals surface area contributed by atoms with Gasteiger partial charge in [0.1, 0.15) is 11.5 Å². The molecule has 3 nitrogen and oxygen atoms in total. The molecule has 3 rings (SSSR count). The van der Waals surface area contributed by atoms with Gasteiger partial charge in [0.2, 0.25) is 0 Å². The predicted molar refractivity (Wildman–Crippen MR) is 76.3 cm³/mol. The van der Waals surface area contributed by atoms with E-state index in [1.165, 1.54) is 22.3 Å². The van der Waals surface area contributed by atoms with Crippen molar-refractivity contribution in [1.82, 2.24) is 0 Å². The lowest BCUT2D eigenvalue weighted by Crippen LogP contribution is -2.24. The van der Waals surface area contributed by atoms with Gasteiger partial charge < -0.3 is 15.2 Å². The molecule has 0 radical (unpaired) electrons. The van der Waals surface area contributed by atoms with Crippen LogP contribution in [0.5, 0.6) is 11.5 Å². The first-order valence-corrected chi connectivity index (χ1v) is 7.20. The number of hydrogen-bond donors (Lipinski definition) is 1. The van der Waals surface area contributed by atoms with Gasteiger partial charge in [-0.25, -0.2) is 0 Å². The van der Waals surface area contributed by atoms with Crippen LogP contribution >= 0.6 is 0 Å². The highest BCUT2D eigenvalue weighted by molar-refractivity contribution is 5.63. The van der Waals surface area contributed by atoms with Crippen molar-refractivity contribution in [2.75, 3.05) is 19.8 Å². The molecular weight excluding hydrogens is 238 g/mol. The molecule has 0 aromatic heterocycles. The molecule has 0 amide bonds. The van der Waals surface area contributed by atoms with E-state index in [4.69, 9.17) is 15.2 Å². The Morgan fingerprint density at radius 1 is 1.05 bits per heavy atom. The van der Waals surface area contributed by atoms with Crippen molar-refractivity contribution in [1.29, 1.82) is 0 Å². The molecule has 3 heteroatoms. The number of rotatable bonds is 3. The van der Waals surface area contributed by atoms with Crippen molar-refractivity contribution in [3.63, 3.8) is 0 Å². The summed E-state index contributed by atoms with van der Waals surface area (Å²) in [6.45, 7) is 8.99. The van der Waals surface area contributed by atoms with Gasteiger partial charge in [0.05, 0.1) is 13.2 Å². The van der Waals surface area contributed by atoms with Crippen LogP contribution in [0.4, 0.5) is 0 Å². The van der Waals surface area contributed by atoms with Crippen molar-refractivity contribution in [3.8, 4) is 11.5 Å². The maximum absolute atomic E-state index is 5.97. The summed E-state index contributed by atoms with van der Waals surface area (Å²) in [6, 6.07) is 0. The van der Waals surface area contributed by atoms with Gasteiger partial charge in [-0.05, 0) is 30.9 Å². The number of nitrogens with two attached hydrogens (primary N) is 1. The molecule has 0 atom stereocenters. The van der Waals surface area contributed by atoms with Gasteiger partial charge in [0.15, 0.2) is 0 Å². The van der Waals surface area contributed by atoms with E-state index in [1.807, 2.05) is 0 Å². The van der Waals surface area contributed by atoms with Crippen LogP contribution in [0.15, 0.2) is 0 Å². The fourth-order valence-electron chi connectivity index (χ4n) is 3.54. The molecule has 0 aliphatic carbocycles. The minimum atomic E-state index is 0.0503. The molecule has 0 unspecified atom stereocenters. The van der Waals surface area contributed by atoms with Crippen molar-refractivity contribution >= 4 is 0 Å². The van der Waals surface area contributed by atoms with Crippen LogP contribution in [0.3, 0.4) is 0 Å². The summed E-state index contributed by atoms with van der Waals surface area (Å²) in [5, 5.41) is 0. The summed E-state index contributed by atoms with van der Waals surface area (Å²) in [5.41, 5.74) is 11.2. The number of ether oxygens (including phenoxy) is 2. The van der Waals surface area contributed by atoms with Gasteiger partial charge in [0, 0.05) is 29.5 Å². The Bertz CT molecular complexity index is 485. The van der Waals surface area contributed by atoms with E-state index in [0.29, 0.717) is 6.54 Å². The highest BCUT2D eigenvalue weighted by Gasteiger charge is 2.36. The smallest absolute Gasteiger partial charge is 0.127 e. The predicted octanol–water partition coefficient (Wildman–Crippen LogP) is 2.49. The molecule has 2 heterocycles. The first kappa shape index (κ1) is 12.8. The fourth-order valence-corrected chi connectivity index (χ4v) is 3.54. The summed E-state index contributed by atoms with van der Waals surface area (Å²) < 4.78 is 11.9. The van der Waals surface area contributed by atoms with Gasteiger partial charge in [-0.3, -0.25) is 0 Å². The lowest BCUT2D eigenvalue weighted by Gasteiger charge is -2.29. The number of hydrogen-bond acceptors (Lipinski definition) is 3. The average molecular weight is 261 g/mol.